The van der Waals surface area contributed by atoms with Crippen LogP contribution in [0.25, 0.3) is 0 Å². The van der Waals surface area contributed by atoms with Crippen LogP contribution < -0.4 is 10.6 Å². The van der Waals surface area contributed by atoms with Gasteiger partial charge in [0, 0.05) is 78.7 Å². The highest BCUT2D eigenvalue weighted by molar-refractivity contribution is 6.42. The van der Waals surface area contributed by atoms with E-state index < -0.39 is 5.54 Å². The predicted molar refractivity (Wildman–Crippen MR) is 169 cm³/mol. The highest BCUT2D eigenvalue weighted by Crippen LogP contribution is 2.40. The number of carbonyl (C=O) groups excluding carboxylic acids is 2. The lowest BCUT2D eigenvalue weighted by molar-refractivity contribution is -0.972. The van der Waals surface area contributed by atoms with Gasteiger partial charge in [0.15, 0.2) is 5.54 Å². The normalized spacial score (nSPS) is 18.8. The molecule has 0 spiro atoms. The first-order valence-corrected chi connectivity index (χ1v) is 15.7. The number of likely N-dealkylation sites (tertiary alicyclic amines) is 1. The van der Waals surface area contributed by atoms with E-state index in [2.05, 4.69) is 10.6 Å². The van der Waals surface area contributed by atoms with Gasteiger partial charge in [-0.05, 0) is 49.1 Å². The van der Waals surface area contributed by atoms with Gasteiger partial charge in [-0.15, -0.1) is 0 Å². The Morgan fingerprint density at radius 1 is 1.00 bits per heavy atom. The number of hydrogen-bond acceptors (Lipinski definition) is 4. The van der Waals surface area contributed by atoms with E-state index in [9.17, 15) is 9.59 Å². The van der Waals surface area contributed by atoms with Crippen molar-refractivity contribution in [3.05, 3.63) is 63.6 Å². The molecule has 224 valence electrons. The van der Waals surface area contributed by atoms with Crippen molar-refractivity contribution in [2.45, 2.75) is 50.0 Å². The highest BCUT2D eigenvalue weighted by Gasteiger charge is 2.57. The summed E-state index contributed by atoms with van der Waals surface area (Å²) in [4.78, 5) is 31.2. The summed E-state index contributed by atoms with van der Waals surface area (Å²) in [6.45, 7) is 5.15. The van der Waals surface area contributed by atoms with Gasteiger partial charge in [0.2, 0.25) is 0 Å². The van der Waals surface area contributed by atoms with E-state index in [1.807, 2.05) is 80.5 Å². The molecule has 2 aromatic carbocycles. The summed E-state index contributed by atoms with van der Waals surface area (Å²) >= 11 is 12.8. The summed E-state index contributed by atoms with van der Waals surface area (Å²) in [5.74, 6) is 0.257. The van der Waals surface area contributed by atoms with Crippen molar-refractivity contribution in [3.63, 3.8) is 0 Å². The fraction of sp³-hybridized carbons (Fsp3) is 0.562. The molecule has 2 N–H and O–H groups in total. The number of rotatable bonds is 10. The van der Waals surface area contributed by atoms with Crippen LogP contribution in [0.3, 0.4) is 0 Å². The molecule has 1 atom stereocenters. The number of nitrogens with zero attached hydrogens (tertiary/aromatic N) is 3. The second-order valence-corrected chi connectivity index (χ2v) is 12.8. The fourth-order valence-corrected chi connectivity index (χ4v) is 7.48. The van der Waals surface area contributed by atoms with Gasteiger partial charge in [-0.3, -0.25) is 9.59 Å². The number of anilines is 1. The molecule has 9 heteroatoms. The molecule has 2 aromatic rings. The molecule has 2 aliphatic rings. The van der Waals surface area contributed by atoms with E-state index in [4.69, 9.17) is 23.2 Å². The topological polar surface area (TPSA) is 64.7 Å². The molecule has 41 heavy (non-hydrogen) atoms. The van der Waals surface area contributed by atoms with Crippen molar-refractivity contribution >= 4 is 40.7 Å². The molecule has 2 amide bonds. The van der Waals surface area contributed by atoms with Gasteiger partial charge < -0.3 is 24.9 Å². The summed E-state index contributed by atoms with van der Waals surface area (Å²) in [5, 5.41) is 7.67. The zero-order valence-corrected chi connectivity index (χ0v) is 26.5. The Kier molecular flexibility index (Phi) is 10.6. The van der Waals surface area contributed by atoms with Gasteiger partial charge in [0.25, 0.3) is 11.8 Å². The minimum absolute atomic E-state index is 0.0282. The van der Waals surface area contributed by atoms with Gasteiger partial charge >= 0.3 is 0 Å². The van der Waals surface area contributed by atoms with Gasteiger partial charge in [-0.1, -0.05) is 41.4 Å². The second-order valence-electron chi connectivity index (χ2n) is 12.0. The summed E-state index contributed by atoms with van der Waals surface area (Å²) in [6, 6.07) is 13.4. The van der Waals surface area contributed by atoms with Crippen molar-refractivity contribution in [1.29, 1.82) is 0 Å². The van der Waals surface area contributed by atoms with Gasteiger partial charge in [-0.2, -0.15) is 0 Å². The van der Waals surface area contributed by atoms with Crippen LogP contribution in [0.2, 0.25) is 10.0 Å². The molecule has 2 saturated heterocycles. The van der Waals surface area contributed by atoms with Crippen LogP contribution in [0.15, 0.2) is 42.5 Å². The number of carbonyl (C=O) groups is 2. The maximum Gasteiger partial charge on any atom is 0.283 e. The largest absolute Gasteiger partial charge is 0.387 e. The van der Waals surface area contributed by atoms with Crippen molar-refractivity contribution < 1.29 is 14.1 Å². The third kappa shape index (κ3) is 6.69. The lowest BCUT2D eigenvalue weighted by Crippen LogP contribution is -2.74. The number of likely N-dealkylation sites (N-methyl/N-ethyl adjacent to an activating group) is 2. The van der Waals surface area contributed by atoms with Crippen LogP contribution >= 0.6 is 23.2 Å². The smallest absolute Gasteiger partial charge is 0.283 e. The van der Waals surface area contributed by atoms with E-state index in [1.54, 1.807) is 0 Å². The second kappa shape index (κ2) is 13.8. The molecule has 0 bridgehead atoms. The minimum atomic E-state index is -0.426. The third-order valence-electron chi connectivity index (χ3n) is 9.40. The number of nitrogens with one attached hydrogen (secondary N) is 2. The summed E-state index contributed by atoms with van der Waals surface area (Å²) < 4.78 is 0.823. The Morgan fingerprint density at radius 3 is 2.32 bits per heavy atom. The van der Waals surface area contributed by atoms with E-state index in [0.717, 1.165) is 80.6 Å². The molecule has 2 fully saturated rings. The van der Waals surface area contributed by atoms with Crippen LogP contribution in [0.5, 0.6) is 0 Å². The molecule has 0 aromatic heterocycles. The van der Waals surface area contributed by atoms with Gasteiger partial charge in [0.1, 0.15) is 0 Å². The first-order chi connectivity index (χ1) is 19.6. The standard InChI is InChI=1S/C32H45Cl2N5O2/c1-35-29-11-7-6-10-26(29)30(40)38(4)23-25(24-12-13-27(33)28(34)22-24)14-21-39(19-8-5-9-20-39)32(31(41)37(2)3)15-17-36-18-16-32/h6-7,10-13,22,25,36H,5,8-9,14-21,23H2,1-4H3/p+1. The summed E-state index contributed by atoms with van der Waals surface area (Å²) in [5.41, 5.74) is 2.10. The summed E-state index contributed by atoms with van der Waals surface area (Å²) in [6.07, 6.45) is 6.00. The van der Waals surface area contributed by atoms with Crippen molar-refractivity contribution in [1.82, 2.24) is 15.1 Å². The number of para-hydroxylation sites is 1. The maximum absolute atomic E-state index is 14.0. The lowest BCUT2D eigenvalue weighted by Gasteiger charge is -2.56. The van der Waals surface area contributed by atoms with E-state index in [-0.39, 0.29) is 17.7 Å². The van der Waals surface area contributed by atoms with Crippen LogP contribution in [0, 0.1) is 0 Å². The van der Waals surface area contributed by atoms with Crippen molar-refractivity contribution in [3.8, 4) is 0 Å². The monoisotopic (exact) mass is 602 g/mol. The Labute approximate surface area is 255 Å². The molecule has 2 aliphatic heterocycles. The number of quaternary nitrogens is 1. The van der Waals surface area contributed by atoms with Crippen LogP contribution in [0.4, 0.5) is 5.69 Å². The molecule has 0 saturated carbocycles. The van der Waals surface area contributed by atoms with Crippen LogP contribution in [-0.4, -0.2) is 99.1 Å². The Bertz CT molecular complexity index is 1210. The Hall–Kier alpha value is -2.32. The quantitative estimate of drug-likeness (QED) is 0.353. The molecular formula is C32H46Cl2N5O2+. The predicted octanol–water partition coefficient (Wildman–Crippen LogP) is 5.49. The first-order valence-electron chi connectivity index (χ1n) is 14.9. The van der Waals surface area contributed by atoms with Gasteiger partial charge in [0.05, 0.1) is 35.2 Å². The summed E-state index contributed by atoms with van der Waals surface area (Å²) in [7, 11) is 7.50. The van der Waals surface area contributed by atoms with Crippen molar-refractivity contribution in [2.75, 3.05) is 72.8 Å². The van der Waals surface area contributed by atoms with E-state index in [1.165, 1.54) is 6.42 Å². The first kappa shape index (κ1) is 31.6. The molecular weight excluding hydrogens is 557 g/mol. The number of hydrogen-bond donors (Lipinski definition) is 2. The maximum atomic E-state index is 14.0. The minimum Gasteiger partial charge on any atom is -0.387 e. The average molecular weight is 604 g/mol. The molecule has 7 nitrogen and oxygen atoms in total. The van der Waals surface area contributed by atoms with Crippen LogP contribution in [-0.2, 0) is 4.79 Å². The number of piperidine rings is 2. The van der Waals surface area contributed by atoms with Crippen molar-refractivity contribution in [2.24, 2.45) is 0 Å². The molecule has 0 radical (unpaired) electrons. The molecule has 1 unspecified atom stereocenters. The number of halogens is 2. The van der Waals surface area contributed by atoms with Crippen LogP contribution in [0.1, 0.15) is 60.4 Å². The average Bonchev–Trinajstić information content (AvgIpc) is 3.00. The van der Waals surface area contributed by atoms with Gasteiger partial charge in [-0.25, -0.2) is 0 Å². The third-order valence-corrected chi connectivity index (χ3v) is 10.1. The molecule has 0 aliphatic carbocycles. The Morgan fingerprint density at radius 2 is 1.68 bits per heavy atom. The van der Waals surface area contributed by atoms with E-state index >= 15 is 0 Å². The zero-order chi connectivity index (χ0) is 29.6. The highest BCUT2D eigenvalue weighted by atomic mass is 35.5. The molecule has 4 rings (SSSR count). The lowest BCUT2D eigenvalue weighted by atomic mass is 9.79. The molecule has 2 heterocycles. The number of amides is 2. The Balaban J connectivity index is 1.67. The number of benzene rings is 2. The zero-order valence-electron chi connectivity index (χ0n) is 25.0. The van der Waals surface area contributed by atoms with E-state index in [0.29, 0.717) is 22.2 Å². The fourth-order valence-electron chi connectivity index (χ4n) is 7.17. The SMILES string of the molecule is CNc1ccccc1C(=O)N(C)CC(CC[N+]1(C2(C(=O)N(C)C)CCNCC2)CCCCC1)c1ccc(Cl)c(Cl)c1.